The van der Waals surface area contributed by atoms with Gasteiger partial charge in [-0.2, -0.15) is 10.2 Å². The van der Waals surface area contributed by atoms with Crippen LogP contribution in [-0.2, 0) is 0 Å². The van der Waals surface area contributed by atoms with E-state index < -0.39 is 0 Å². The minimum atomic E-state index is 0.327. The zero-order chi connectivity index (χ0) is 22.2. The highest BCUT2D eigenvalue weighted by atomic mass is 32.1. The fourth-order valence-electron chi connectivity index (χ4n) is 4.86. The minimum Gasteiger partial charge on any atom is -0.303 e. The first-order chi connectivity index (χ1) is 15.5. The monoisotopic (exact) mass is 449 g/mol. The Morgan fingerprint density at radius 3 is 2.78 bits per heavy atom. The van der Waals surface area contributed by atoms with Gasteiger partial charge in [-0.1, -0.05) is 20.8 Å². The van der Waals surface area contributed by atoms with Crippen LogP contribution in [0.25, 0.3) is 27.5 Å². The maximum Gasteiger partial charge on any atom is 0.158 e. The van der Waals surface area contributed by atoms with Crippen LogP contribution in [0.2, 0.25) is 0 Å². The van der Waals surface area contributed by atoms with Crippen LogP contribution in [0, 0.1) is 6.92 Å². The van der Waals surface area contributed by atoms with Crippen LogP contribution in [-0.4, -0.2) is 54.3 Å². The number of hydrogen-bond donors (Lipinski definition) is 1. The Morgan fingerprint density at radius 1 is 1.22 bits per heavy atom. The molecule has 1 N–H and O–H groups in total. The van der Waals surface area contributed by atoms with E-state index in [1.807, 2.05) is 28.2 Å². The molecular formula is C24H31N7S. The maximum absolute atomic E-state index is 4.84. The van der Waals surface area contributed by atoms with Crippen molar-refractivity contribution in [2.45, 2.75) is 58.8 Å². The number of aromatic amines is 1. The molecule has 32 heavy (non-hydrogen) atoms. The highest BCUT2D eigenvalue weighted by Gasteiger charge is 2.25. The Morgan fingerprint density at radius 2 is 2.03 bits per heavy atom. The summed E-state index contributed by atoms with van der Waals surface area (Å²) in [5.41, 5.74) is 6.38. The normalized spacial score (nSPS) is 15.9. The van der Waals surface area contributed by atoms with Crippen LogP contribution in [0.3, 0.4) is 0 Å². The molecule has 7 nitrogen and oxygen atoms in total. The summed E-state index contributed by atoms with van der Waals surface area (Å²) in [7, 11) is 0. The topological polar surface area (TPSA) is 75.0 Å². The largest absolute Gasteiger partial charge is 0.303 e. The molecule has 0 bridgehead atoms. The number of rotatable bonds is 6. The highest BCUT2D eigenvalue weighted by Crippen LogP contribution is 2.40. The van der Waals surface area contributed by atoms with E-state index in [1.54, 1.807) is 6.33 Å². The molecule has 0 aliphatic carbocycles. The lowest BCUT2D eigenvalue weighted by Crippen LogP contribution is -2.33. The molecule has 1 saturated heterocycles. The predicted molar refractivity (Wildman–Crippen MR) is 129 cm³/mol. The number of fused-ring (bicyclic) bond motifs is 1. The number of likely N-dealkylation sites (tertiary alicyclic amines) is 1. The average Bonchev–Trinajstić information content (AvgIpc) is 3.52. The molecule has 1 aliphatic rings. The van der Waals surface area contributed by atoms with E-state index in [0.29, 0.717) is 11.8 Å². The van der Waals surface area contributed by atoms with E-state index in [4.69, 9.17) is 10.1 Å². The minimum absolute atomic E-state index is 0.327. The molecule has 4 aromatic rings. The Kier molecular flexibility index (Phi) is 5.82. The van der Waals surface area contributed by atoms with E-state index in [0.717, 1.165) is 33.0 Å². The molecule has 5 rings (SSSR count). The summed E-state index contributed by atoms with van der Waals surface area (Å²) in [6.07, 6.45) is 9.28. The summed E-state index contributed by atoms with van der Waals surface area (Å²) in [6.45, 7) is 12.4. The third-order valence-corrected chi connectivity index (χ3v) is 7.63. The molecule has 5 heterocycles. The highest BCUT2D eigenvalue weighted by molar-refractivity contribution is 7.15. The number of nitrogens with zero attached hydrogens (tertiary/aromatic N) is 6. The SMILES string of the molecule is CCCN1CCC(c2ncc(-c3n[nH]c(-c4cc(C)c5ncnn5c4)c3C(C)C)s2)CC1. The summed E-state index contributed by atoms with van der Waals surface area (Å²) >= 11 is 1.81. The van der Waals surface area contributed by atoms with Gasteiger partial charge in [-0.25, -0.2) is 14.5 Å². The zero-order valence-electron chi connectivity index (χ0n) is 19.3. The lowest BCUT2D eigenvalue weighted by Gasteiger charge is -2.30. The first-order valence-corrected chi connectivity index (χ1v) is 12.4. The molecule has 0 spiro atoms. The van der Waals surface area contributed by atoms with Crippen LogP contribution >= 0.6 is 11.3 Å². The first-order valence-electron chi connectivity index (χ1n) is 11.6. The van der Waals surface area contributed by atoms with E-state index in [1.165, 1.54) is 49.5 Å². The average molecular weight is 450 g/mol. The van der Waals surface area contributed by atoms with Crippen molar-refractivity contribution in [1.82, 2.24) is 34.7 Å². The lowest BCUT2D eigenvalue weighted by molar-refractivity contribution is 0.212. The Hall–Kier alpha value is -2.58. The molecule has 0 saturated carbocycles. The summed E-state index contributed by atoms with van der Waals surface area (Å²) in [5, 5.41) is 13.7. The third-order valence-electron chi connectivity index (χ3n) is 6.46. The van der Waals surface area contributed by atoms with Gasteiger partial charge in [0, 0.05) is 29.4 Å². The molecule has 0 radical (unpaired) electrons. The van der Waals surface area contributed by atoms with E-state index >= 15 is 0 Å². The van der Waals surface area contributed by atoms with Crippen LogP contribution in [0.1, 0.15) is 68.0 Å². The van der Waals surface area contributed by atoms with Gasteiger partial charge in [-0.3, -0.25) is 5.10 Å². The van der Waals surface area contributed by atoms with Crippen molar-refractivity contribution in [3.8, 4) is 21.8 Å². The standard InChI is InChI=1S/C24H31N7S/c1-5-8-30-9-6-17(7-10-30)24-25-12-19(32-24)22-20(15(2)3)21(28-29-22)18-11-16(4)23-26-14-27-31(23)13-18/h11-15,17H,5-10H2,1-4H3,(H,28,29). The molecule has 0 aromatic carbocycles. The number of piperidine rings is 1. The van der Waals surface area contributed by atoms with Crippen LogP contribution in [0.4, 0.5) is 0 Å². The van der Waals surface area contributed by atoms with Crippen molar-refractivity contribution in [3.63, 3.8) is 0 Å². The van der Waals surface area contributed by atoms with Crippen LogP contribution in [0.15, 0.2) is 24.8 Å². The van der Waals surface area contributed by atoms with Gasteiger partial charge in [0.25, 0.3) is 0 Å². The summed E-state index contributed by atoms with van der Waals surface area (Å²) in [4.78, 5) is 12.9. The number of aryl methyl sites for hydroxylation is 1. The van der Waals surface area contributed by atoms with Gasteiger partial charge >= 0.3 is 0 Å². The second-order valence-electron chi connectivity index (χ2n) is 9.13. The van der Waals surface area contributed by atoms with E-state index in [-0.39, 0.29) is 0 Å². The Balaban J connectivity index is 1.46. The Bertz CT molecular complexity index is 1210. The van der Waals surface area contributed by atoms with Gasteiger partial charge < -0.3 is 4.90 Å². The van der Waals surface area contributed by atoms with Gasteiger partial charge in [-0.05, 0) is 63.4 Å². The number of thiazole rings is 1. The third kappa shape index (κ3) is 3.86. The van der Waals surface area contributed by atoms with Gasteiger partial charge in [0.05, 0.1) is 15.6 Å². The molecular weight excluding hydrogens is 418 g/mol. The van der Waals surface area contributed by atoms with Crippen molar-refractivity contribution in [2.75, 3.05) is 19.6 Å². The Labute approximate surface area is 192 Å². The van der Waals surface area contributed by atoms with Crippen molar-refractivity contribution in [2.24, 2.45) is 0 Å². The molecule has 0 atom stereocenters. The van der Waals surface area contributed by atoms with Gasteiger partial charge in [0.15, 0.2) is 5.65 Å². The quantitative estimate of drug-likeness (QED) is 0.434. The van der Waals surface area contributed by atoms with Gasteiger partial charge in [0.1, 0.15) is 12.0 Å². The molecule has 0 unspecified atom stereocenters. The summed E-state index contributed by atoms with van der Waals surface area (Å²) in [5.74, 6) is 0.897. The molecule has 0 amide bonds. The molecule has 4 aromatic heterocycles. The summed E-state index contributed by atoms with van der Waals surface area (Å²) in [6, 6.07) is 2.16. The molecule has 1 aliphatic heterocycles. The zero-order valence-corrected chi connectivity index (χ0v) is 20.1. The number of hydrogen-bond acceptors (Lipinski definition) is 6. The fraction of sp³-hybridized carbons (Fsp3) is 0.500. The molecule has 8 heteroatoms. The van der Waals surface area contributed by atoms with E-state index in [9.17, 15) is 0 Å². The van der Waals surface area contributed by atoms with Gasteiger partial charge in [0.2, 0.25) is 0 Å². The number of pyridine rings is 1. The molecule has 1 fully saturated rings. The smallest absolute Gasteiger partial charge is 0.158 e. The lowest BCUT2D eigenvalue weighted by atomic mass is 9.96. The summed E-state index contributed by atoms with van der Waals surface area (Å²) < 4.78 is 1.84. The van der Waals surface area contributed by atoms with Crippen LogP contribution < -0.4 is 0 Å². The number of nitrogens with one attached hydrogen (secondary N) is 1. The maximum atomic E-state index is 4.84. The second-order valence-corrected chi connectivity index (χ2v) is 10.2. The molecule has 168 valence electrons. The predicted octanol–water partition coefficient (Wildman–Crippen LogP) is 5.26. The second kappa shape index (κ2) is 8.75. The fourth-order valence-corrected chi connectivity index (χ4v) is 5.95. The van der Waals surface area contributed by atoms with Crippen molar-refractivity contribution >= 4 is 17.0 Å². The number of aromatic nitrogens is 6. The van der Waals surface area contributed by atoms with Crippen molar-refractivity contribution in [3.05, 3.63) is 40.9 Å². The van der Waals surface area contributed by atoms with E-state index in [2.05, 4.69) is 53.8 Å². The van der Waals surface area contributed by atoms with Crippen molar-refractivity contribution < 1.29 is 0 Å². The van der Waals surface area contributed by atoms with Crippen LogP contribution in [0.5, 0.6) is 0 Å². The van der Waals surface area contributed by atoms with Crippen molar-refractivity contribution in [1.29, 1.82) is 0 Å². The van der Waals surface area contributed by atoms with Gasteiger partial charge in [-0.15, -0.1) is 11.3 Å². The first kappa shape index (κ1) is 21.3. The number of H-pyrrole nitrogens is 1.